The van der Waals surface area contributed by atoms with Crippen molar-refractivity contribution in [3.8, 4) is 16.8 Å². The molecule has 5 heteroatoms. The van der Waals surface area contributed by atoms with Crippen LogP contribution in [-0.4, -0.2) is 11.3 Å². The van der Waals surface area contributed by atoms with Gasteiger partial charge in [0.25, 0.3) is 6.71 Å². The van der Waals surface area contributed by atoms with Gasteiger partial charge in [-0.15, -0.1) is 11.3 Å². The quantitative estimate of drug-likeness (QED) is 0.163. The minimum Gasteiger partial charge on any atom is -0.311 e. The Morgan fingerprint density at radius 2 is 0.987 bits per heavy atom. The molecule has 0 spiro atoms. The Balaban J connectivity index is 1.08. The lowest BCUT2D eigenvalue weighted by atomic mass is 9.33. The molecule has 0 fully saturated rings. The maximum atomic E-state index is 2.65. The third-order valence-electron chi connectivity index (χ3n) is 18.0. The van der Waals surface area contributed by atoms with E-state index in [9.17, 15) is 0 Å². The Kier molecular flexibility index (Phi) is 10.9. The first-order chi connectivity index (χ1) is 36.4. The van der Waals surface area contributed by atoms with Crippen molar-refractivity contribution >= 4 is 99.8 Å². The van der Waals surface area contributed by atoms with Gasteiger partial charge in [-0.05, 0) is 217 Å². The van der Waals surface area contributed by atoms with Gasteiger partial charge in [-0.3, -0.25) is 0 Å². The number of hydrogen-bond donors (Lipinski definition) is 0. The molecule has 0 bridgehead atoms. The summed E-state index contributed by atoms with van der Waals surface area (Å²) in [6.07, 6.45) is 2.37. The first-order valence-electron chi connectivity index (χ1n) is 28.2. The Bertz CT molecular complexity index is 4000. The van der Waals surface area contributed by atoms with Gasteiger partial charge in [-0.25, -0.2) is 0 Å². The van der Waals surface area contributed by atoms with Gasteiger partial charge < -0.3 is 14.4 Å². The summed E-state index contributed by atoms with van der Waals surface area (Å²) >= 11 is 1.99. The van der Waals surface area contributed by atoms with E-state index >= 15 is 0 Å². The number of thiophene rings is 1. The van der Waals surface area contributed by atoms with Gasteiger partial charge in [0.15, 0.2) is 0 Å². The van der Waals surface area contributed by atoms with E-state index in [2.05, 4.69) is 270 Å². The number of rotatable bonds is 4. The zero-order valence-corrected chi connectivity index (χ0v) is 49.0. The van der Waals surface area contributed by atoms with Gasteiger partial charge in [0.1, 0.15) is 0 Å². The fourth-order valence-corrected chi connectivity index (χ4v) is 14.6. The first-order valence-corrected chi connectivity index (χ1v) is 29.0. The molecule has 0 amide bonds. The van der Waals surface area contributed by atoms with Crippen LogP contribution in [-0.2, 0) is 27.1 Å². The molecule has 4 heterocycles. The van der Waals surface area contributed by atoms with E-state index < -0.39 is 0 Å². The Morgan fingerprint density at radius 3 is 1.57 bits per heavy atom. The summed E-state index contributed by atoms with van der Waals surface area (Å²) in [5, 5.41) is 5.34. The maximum absolute atomic E-state index is 2.65. The lowest BCUT2D eigenvalue weighted by Gasteiger charge is -2.44. The van der Waals surface area contributed by atoms with Gasteiger partial charge in [-0.2, -0.15) is 0 Å². The lowest BCUT2D eigenvalue weighted by Crippen LogP contribution is -2.61. The predicted octanol–water partition coefficient (Wildman–Crippen LogP) is 18.6. The van der Waals surface area contributed by atoms with Crippen LogP contribution >= 0.6 is 11.3 Å². The van der Waals surface area contributed by atoms with Crippen LogP contribution in [0.5, 0.6) is 0 Å². The molecular weight excluding hydrogens is 950 g/mol. The maximum Gasteiger partial charge on any atom is 0.254 e. The van der Waals surface area contributed by atoms with Crippen LogP contribution in [0.2, 0.25) is 0 Å². The van der Waals surface area contributed by atoms with Crippen molar-refractivity contribution in [1.82, 2.24) is 4.57 Å². The highest BCUT2D eigenvalue weighted by molar-refractivity contribution is 7.26. The zero-order valence-electron chi connectivity index (χ0n) is 48.2. The Labute approximate surface area is 462 Å². The van der Waals surface area contributed by atoms with Crippen LogP contribution < -0.4 is 26.2 Å². The topological polar surface area (TPSA) is 11.4 Å². The van der Waals surface area contributed by atoms with Crippen molar-refractivity contribution < 1.29 is 0 Å². The Morgan fingerprint density at radius 1 is 0.442 bits per heavy atom. The zero-order chi connectivity index (χ0) is 54.0. The van der Waals surface area contributed by atoms with Crippen LogP contribution in [0, 0.1) is 13.8 Å². The molecule has 8 aromatic carbocycles. The van der Waals surface area contributed by atoms with E-state index in [0.29, 0.717) is 0 Å². The molecule has 1 aliphatic carbocycles. The van der Waals surface area contributed by atoms with Gasteiger partial charge in [0.05, 0.1) is 16.0 Å². The van der Waals surface area contributed by atoms with Crippen molar-refractivity contribution in [3.05, 3.63) is 191 Å². The number of hydrogen-bond acceptors (Lipinski definition) is 3. The largest absolute Gasteiger partial charge is 0.311 e. The van der Waals surface area contributed by atoms with Crippen LogP contribution in [0.25, 0.3) is 48.7 Å². The Hall–Kier alpha value is -6.82. The SMILES string of the molecule is Cc1cccc(N2c3cc(C)ccc3B3c4c2cc(-c2ccc(-n5c6ccc(C(C)(C)C)cc6c6cc(C(C)(C)C)ccc65)cc2)cc4N(c2ccc(C(C)(C)C)cc2)c2sc4cc5c(cc4c23)C(C)(C)CCC5(C)C)c1. The summed E-state index contributed by atoms with van der Waals surface area (Å²) in [7, 11) is 0. The van der Waals surface area contributed by atoms with Crippen LogP contribution in [0.1, 0.15) is 142 Å². The molecule has 0 unspecified atom stereocenters. The molecule has 3 aliphatic rings. The second kappa shape index (κ2) is 16.8. The molecule has 13 rings (SSSR count). The van der Waals surface area contributed by atoms with Crippen LogP contribution in [0.15, 0.2) is 152 Å². The van der Waals surface area contributed by atoms with E-state index in [-0.39, 0.29) is 33.8 Å². The fourth-order valence-electron chi connectivity index (χ4n) is 13.3. The van der Waals surface area contributed by atoms with E-state index in [0.717, 1.165) is 5.69 Å². The smallest absolute Gasteiger partial charge is 0.254 e. The van der Waals surface area contributed by atoms with Crippen molar-refractivity contribution in [2.45, 2.75) is 144 Å². The number of anilines is 6. The number of benzene rings is 8. The summed E-state index contributed by atoms with van der Waals surface area (Å²) in [5.41, 5.74) is 26.1. The monoisotopic (exact) mass is 1020 g/mol. The molecule has 386 valence electrons. The number of nitrogens with zero attached hydrogens (tertiary/aromatic N) is 3. The highest BCUT2D eigenvalue weighted by Gasteiger charge is 2.47. The molecular formula is C72H74BN3S. The number of aromatic nitrogens is 1. The number of aryl methyl sites for hydroxylation is 2. The molecule has 0 saturated heterocycles. The third-order valence-corrected chi connectivity index (χ3v) is 19.2. The minimum absolute atomic E-state index is 0.0209. The lowest BCUT2D eigenvalue weighted by molar-refractivity contribution is 0.332. The van der Waals surface area contributed by atoms with Crippen molar-refractivity contribution in [3.63, 3.8) is 0 Å². The molecule has 77 heavy (non-hydrogen) atoms. The molecule has 0 saturated carbocycles. The van der Waals surface area contributed by atoms with Crippen LogP contribution in [0.3, 0.4) is 0 Å². The van der Waals surface area contributed by atoms with Crippen molar-refractivity contribution in [1.29, 1.82) is 0 Å². The summed E-state index contributed by atoms with van der Waals surface area (Å²) in [4.78, 5) is 5.24. The summed E-state index contributed by atoms with van der Waals surface area (Å²) in [6.45, 7) is 35.2. The first kappa shape index (κ1) is 49.7. The second-order valence-electron chi connectivity index (χ2n) is 27.6. The average Bonchev–Trinajstić information content (AvgIpc) is 3.91. The highest BCUT2D eigenvalue weighted by atomic mass is 32.1. The number of fused-ring (bicyclic) bond motifs is 10. The second-order valence-corrected chi connectivity index (χ2v) is 28.6. The molecule has 0 radical (unpaired) electrons. The standard InChI is InChI=1S/C72H74BN3S/c1-43-17-16-18-52(35-43)75-61-36-44(2)19-30-58(61)73-65-55-41-56-57(72(14,15)34-33-71(56,12)13)42-64(55)77-67(65)76(51-28-22-47(23-29-51)68(3,4)5)63-38-46(37-62(75)66(63)73)45-20-26-50(27-21-45)74-59-31-24-48(69(6,7)8)39-53(59)54-40-49(70(9,10)11)25-32-60(54)74/h16-32,35-42H,33-34H2,1-15H3. The molecule has 2 aliphatic heterocycles. The highest BCUT2D eigenvalue weighted by Crippen LogP contribution is 2.53. The average molecular weight is 1020 g/mol. The third kappa shape index (κ3) is 7.87. The molecule has 2 aromatic heterocycles. The summed E-state index contributed by atoms with van der Waals surface area (Å²) in [5.74, 6) is 0. The van der Waals surface area contributed by atoms with Crippen molar-refractivity contribution in [2.75, 3.05) is 9.80 Å². The van der Waals surface area contributed by atoms with Crippen molar-refractivity contribution in [2.24, 2.45) is 0 Å². The van der Waals surface area contributed by atoms with Gasteiger partial charge >= 0.3 is 0 Å². The van der Waals surface area contributed by atoms with Crippen LogP contribution in [0.4, 0.5) is 33.4 Å². The molecule has 3 nitrogen and oxygen atoms in total. The molecule has 0 atom stereocenters. The normalized spacial score (nSPS) is 15.8. The fraction of sp³-hybridized carbons (Fsp3) is 0.306. The minimum atomic E-state index is 0.0209. The van der Waals surface area contributed by atoms with Gasteiger partial charge in [0, 0.05) is 49.6 Å². The van der Waals surface area contributed by atoms with E-state index in [1.165, 1.54) is 145 Å². The van der Waals surface area contributed by atoms with E-state index in [4.69, 9.17) is 0 Å². The van der Waals surface area contributed by atoms with Gasteiger partial charge in [0.2, 0.25) is 0 Å². The summed E-state index contributed by atoms with van der Waals surface area (Å²) in [6, 6.07) is 59.9. The molecule has 0 N–H and O–H groups in total. The van der Waals surface area contributed by atoms with E-state index in [1.54, 1.807) is 0 Å². The summed E-state index contributed by atoms with van der Waals surface area (Å²) < 4.78 is 3.87. The van der Waals surface area contributed by atoms with E-state index in [1.807, 2.05) is 11.3 Å². The van der Waals surface area contributed by atoms with Gasteiger partial charge in [-0.1, -0.05) is 151 Å². The predicted molar refractivity (Wildman–Crippen MR) is 336 cm³/mol. The molecule has 10 aromatic rings.